The van der Waals surface area contributed by atoms with Gasteiger partial charge in [0.2, 0.25) is 0 Å². The van der Waals surface area contributed by atoms with E-state index in [-0.39, 0.29) is 6.10 Å². The van der Waals surface area contributed by atoms with E-state index in [1.807, 2.05) is 18.2 Å². The van der Waals surface area contributed by atoms with Gasteiger partial charge in [-0.1, -0.05) is 22.0 Å². The van der Waals surface area contributed by atoms with Crippen molar-refractivity contribution in [3.8, 4) is 5.75 Å². The van der Waals surface area contributed by atoms with Crippen molar-refractivity contribution in [3.63, 3.8) is 0 Å². The third-order valence-electron chi connectivity index (χ3n) is 2.43. The van der Waals surface area contributed by atoms with Crippen LogP contribution in [0.15, 0.2) is 22.7 Å². The molecule has 1 heterocycles. The van der Waals surface area contributed by atoms with Gasteiger partial charge in [-0.05, 0) is 12.1 Å². The maximum absolute atomic E-state index is 5.84. The third-order valence-corrected chi connectivity index (χ3v) is 2.92. The van der Waals surface area contributed by atoms with Gasteiger partial charge in [-0.15, -0.1) is 0 Å². The monoisotopic (exact) mass is 271 g/mol. The fourth-order valence-corrected chi connectivity index (χ4v) is 1.93. The van der Waals surface area contributed by atoms with E-state index in [9.17, 15) is 0 Å². The Morgan fingerprint density at radius 1 is 1.53 bits per heavy atom. The summed E-state index contributed by atoms with van der Waals surface area (Å²) in [6.07, 6.45) is 1.13. The van der Waals surface area contributed by atoms with Gasteiger partial charge >= 0.3 is 0 Å². The Hall–Kier alpha value is -0.580. The summed E-state index contributed by atoms with van der Waals surface area (Å²) in [6.45, 7) is 1.96. The van der Waals surface area contributed by atoms with Crippen LogP contribution >= 0.6 is 15.9 Å². The largest absolute Gasteiger partial charge is 0.488 e. The minimum absolute atomic E-state index is 0.171. The van der Waals surface area contributed by atoms with Crippen molar-refractivity contribution < 1.29 is 9.47 Å². The summed E-state index contributed by atoms with van der Waals surface area (Å²) in [7, 11) is 0. The molecule has 2 N–H and O–H groups in total. The van der Waals surface area contributed by atoms with Crippen molar-refractivity contribution >= 4 is 15.9 Å². The van der Waals surface area contributed by atoms with E-state index in [0.29, 0.717) is 13.2 Å². The van der Waals surface area contributed by atoms with Crippen LogP contribution in [0, 0.1) is 0 Å². The van der Waals surface area contributed by atoms with E-state index < -0.39 is 0 Å². The minimum atomic E-state index is 0.171. The Labute approximate surface area is 97.7 Å². The van der Waals surface area contributed by atoms with Gasteiger partial charge in [-0.25, -0.2) is 0 Å². The van der Waals surface area contributed by atoms with Gasteiger partial charge in [-0.3, -0.25) is 0 Å². The topological polar surface area (TPSA) is 44.5 Å². The van der Waals surface area contributed by atoms with E-state index in [1.54, 1.807) is 0 Å². The van der Waals surface area contributed by atoms with Crippen LogP contribution in [0.3, 0.4) is 0 Å². The quantitative estimate of drug-likeness (QED) is 0.916. The molecule has 0 saturated carbocycles. The van der Waals surface area contributed by atoms with Crippen LogP contribution in [0.2, 0.25) is 0 Å². The predicted molar refractivity (Wildman–Crippen MR) is 61.9 cm³/mol. The molecule has 1 aliphatic rings. The lowest BCUT2D eigenvalue weighted by Crippen LogP contribution is -2.17. The average molecular weight is 272 g/mol. The average Bonchev–Trinajstić information content (AvgIpc) is 2.71. The smallest absolute Gasteiger partial charge is 0.125 e. The van der Waals surface area contributed by atoms with Crippen molar-refractivity contribution in [1.29, 1.82) is 0 Å². The summed E-state index contributed by atoms with van der Waals surface area (Å²) in [5, 5.41) is 0. The molecule has 3 nitrogen and oxygen atoms in total. The first-order valence-corrected chi connectivity index (χ1v) is 5.82. The van der Waals surface area contributed by atoms with Gasteiger partial charge < -0.3 is 15.2 Å². The maximum atomic E-state index is 5.84. The van der Waals surface area contributed by atoms with Gasteiger partial charge in [0.15, 0.2) is 0 Å². The van der Waals surface area contributed by atoms with Crippen LogP contribution < -0.4 is 10.5 Å². The lowest BCUT2D eigenvalue weighted by molar-refractivity contribution is 0.140. The fourth-order valence-electron chi connectivity index (χ4n) is 1.59. The molecule has 0 aromatic heterocycles. The second-order valence-corrected chi connectivity index (χ2v) is 4.48. The maximum Gasteiger partial charge on any atom is 0.125 e. The summed E-state index contributed by atoms with van der Waals surface area (Å²) >= 11 is 3.42. The van der Waals surface area contributed by atoms with Crippen molar-refractivity contribution in [2.24, 2.45) is 5.73 Å². The highest BCUT2D eigenvalue weighted by atomic mass is 79.9. The SMILES string of the molecule is NCc1ccc(Br)cc1OC1CCOC1. The molecular formula is C11H14BrNO2. The first-order chi connectivity index (χ1) is 7.29. The van der Waals surface area contributed by atoms with E-state index in [1.165, 1.54) is 0 Å². The number of benzene rings is 1. The molecule has 1 aliphatic heterocycles. The molecule has 0 spiro atoms. The first kappa shape index (κ1) is 10.9. The van der Waals surface area contributed by atoms with Crippen LogP contribution in [0.1, 0.15) is 12.0 Å². The second-order valence-electron chi connectivity index (χ2n) is 3.56. The number of rotatable bonds is 3. The normalized spacial score (nSPS) is 20.5. The highest BCUT2D eigenvalue weighted by molar-refractivity contribution is 9.10. The van der Waals surface area contributed by atoms with Gasteiger partial charge in [0.25, 0.3) is 0 Å². The first-order valence-electron chi connectivity index (χ1n) is 5.02. The Balaban J connectivity index is 2.14. The molecule has 0 amide bonds. The molecule has 0 bridgehead atoms. The fraction of sp³-hybridized carbons (Fsp3) is 0.455. The zero-order valence-corrected chi connectivity index (χ0v) is 10.00. The van der Waals surface area contributed by atoms with Crippen molar-refractivity contribution in [2.75, 3.05) is 13.2 Å². The molecule has 1 fully saturated rings. The lowest BCUT2D eigenvalue weighted by atomic mass is 10.2. The highest BCUT2D eigenvalue weighted by Gasteiger charge is 2.18. The highest BCUT2D eigenvalue weighted by Crippen LogP contribution is 2.25. The second kappa shape index (κ2) is 4.96. The van der Waals surface area contributed by atoms with Crippen molar-refractivity contribution in [2.45, 2.75) is 19.1 Å². The Morgan fingerprint density at radius 3 is 3.07 bits per heavy atom. The van der Waals surface area contributed by atoms with Gasteiger partial charge in [0.1, 0.15) is 11.9 Å². The van der Waals surface area contributed by atoms with Gasteiger partial charge in [0.05, 0.1) is 13.2 Å². The van der Waals surface area contributed by atoms with Crippen molar-refractivity contribution in [3.05, 3.63) is 28.2 Å². The third kappa shape index (κ3) is 2.71. The number of ether oxygens (including phenoxy) is 2. The number of halogens is 1. The van der Waals surface area contributed by atoms with Gasteiger partial charge in [-0.2, -0.15) is 0 Å². The zero-order valence-electron chi connectivity index (χ0n) is 8.41. The van der Waals surface area contributed by atoms with E-state index in [4.69, 9.17) is 15.2 Å². The Bertz CT molecular complexity index is 337. The molecule has 82 valence electrons. The zero-order chi connectivity index (χ0) is 10.7. The molecule has 1 atom stereocenters. The van der Waals surface area contributed by atoms with Crippen LogP contribution in [-0.2, 0) is 11.3 Å². The molecule has 15 heavy (non-hydrogen) atoms. The molecule has 0 aliphatic carbocycles. The van der Waals surface area contributed by atoms with E-state index >= 15 is 0 Å². The van der Waals surface area contributed by atoms with Crippen LogP contribution in [-0.4, -0.2) is 19.3 Å². The summed E-state index contributed by atoms with van der Waals surface area (Å²) in [4.78, 5) is 0. The number of nitrogens with two attached hydrogens (primary N) is 1. The number of hydrogen-bond donors (Lipinski definition) is 1. The van der Waals surface area contributed by atoms with Crippen LogP contribution in [0.4, 0.5) is 0 Å². The molecule has 1 aromatic carbocycles. The minimum Gasteiger partial charge on any atom is -0.488 e. The Kier molecular flexibility index (Phi) is 3.61. The molecule has 0 radical (unpaired) electrons. The lowest BCUT2D eigenvalue weighted by Gasteiger charge is -2.15. The summed E-state index contributed by atoms with van der Waals surface area (Å²) in [6, 6.07) is 5.91. The standard InChI is InChI=1S/C11H14BrNO2/c12-9-2-1-8(6-13)11(5-9)15-10-3-4-14-7-10/h1-2,5,10H,3-4,6-7,13H2. The summed E-state index contributed by atoms with van der Waals surface area (Å²) < 4.78 is 12.1. The molecule has 1 saturated heterocycles. The summed E-state index contributed by atoms with van der Waals surface area (Å²) in [5.41, 5.74) is 6.68. The van der Waals surface area contributed by atoms with Crippen LogP contribution in [0.25, 0.3) is 0 Å². The van der Waals surface area contributed by atoms with Crippen molar-refractivity contribution in [1.82, 2.24) is 0 Å². The molecular weight excluding hydrogens is 258 g/mol. The number of hydrogen-bond acceptors (Lipinski definition) is 3. The molecule has 1 unspecified atom stereocenters. The van der Waals surface area contributed by atoms with Gasteiger partial charge in [0, 0.05) is 23.0 Å². The van der Waals surface area contributed by atoms with E-state index in [0.717, 1.165) is 28.8 Å². The molecule has 4 heteroatoms. The molecule has 2 rings (SSSR count). The summed E-state index contributed by atoms with van der Waals surface area (Å²) in [5.74, 6) is 0.863. The Morgan fingerprint density at radius 2 is 2.40 bits per heavy atom. The predicted octanol–water partition coefficient (Wildman–Crippen LogP) is 2.08. The van der Waals surface area contributed by atoms with Crippen LogP contribution in [0.5, 0.6) is 5.75 Å². The van der Waals surface area contributed by atoms with E-state index in [2.05, 4.69) is 15.9 Å². The molecule has 1 aromatic rings.